The monoisotopic (exact) mass is 769 g/mol. The molecule has 0 spiro atoms. The Hall–Kier alpha value is -4.53. The summed E-state index contributed by atoms with van der Waals surface area (Å²) >= 11 is 0. The summed E-state index contributed by atoms with van der Waals surface area (Å²) in [4.78, 5) is 12.0. The van der Waals surface area contributed by atoms with Gasteiger partial charge in [-0.1, -0.05) is 80.9 Å². The van der Waals surface area contributed by atoms with E-state index < -0.39 is 0 Å². The molecule has 0 saturated carbocycles. The summed E-state index contributed by atoms with van der Waals surface area (Å²) in [5, 5.41) is 10.6. The zero-order valence-electron chi connectivity index (χ0n) is 26.2. The molecule has 2 heterocycles. The van der Waals surface area contributed by atoms with Gasteiger partial charge in [-0.25, -0.2) is 4.98 Å². The Morgan fingerprint density at radius 1 is 0.711 bits per heavy atom. The number of anilines is 3. The van der Waals surface area contributed by atoms with Crippen LogP contribution in [0.1, 0.15) is 37.5 Å². The van der Waals surface area contributed by atoms with Crippen LogP contribution < -0.4 is 4.90 Å². The zero-order chi connectivity index (χ0) is 30.8. The van der Waals surface area contributed by atoms with Crippen molar-refractivity contribution in [3.8, 4) is 39.4 Å². The van der Waals surface area contributed by atoms with Gasteiger partial charge in [-0.05, 0) is 95.2 Å². The summed E-state index contributed by atoms with van der Waals surface area (Å²) in [5.41, 5.74) is 11.0. The number of phenolic OH excluding ortho intramolecular Hbond substituents is 1. The van der Waals surface area contributed by atoms with Crippen LogP contribution in [0.5, 0.6) is 5.75 Å². The van der Waals surface area contributed by atoms with Crippen molar-refractivity contribution in [3.63, 3.8) is 0 Å². The summed E-state index contributed by atoms with van der Waals surface area (Å²) in [6.07, 6.45) is 1.86. The van der Waals surface area contributed by atoms with Gasteiger partial charge in [0.1, 0.15) is 5.82 Å². The average Bonchev–Trinajstić information content (AvgIpc) is 3.02. The molecule has 1 N–H and O–H groups in total. The molecule has 6 aromatic rings. The van der Waals surface area contributed by atoms with E-state index in [1.54, 1.807) is 6.07 Å². The van der Waals surface area contributed by atoms with Gasteiger partial charge >= 0.3 is 0 Å². The smallest absolute Gasteiger partial charge is 0.136 e. The minimum absolute atomic E-state index is 0. The molecule has 2 aromatic heterocycles. The van der Waals surface area contributed by atoms with Crippen LogP contribution in [-0.2, 0) is 26.5 Å². The predicted molar refractivity (Wildman–Crippen MR) is 182 cm³/mol. The van der Waals surface area contributed by atoms with Crippen LogP contribution in [0.3, 0.4) is 0 Å². The molecule has 5 heteroatoms. The number of pyridine rings is 2. The number of aromatic nitrogens is 2. The number of rotatable bonds is 6. The van der Waals surface area contributed by atoms with Crippen molar-refractivity contribution in [1.82, 2.24) is 9.97 Å². The average molecular weight is 770 g/mol. The molecular formula is C40H36N3OPt-. The Morgan fingerprint density at radius 3 is 2.11 bits per heavy atom. The second-order valence-electron chi connectivity index (χ2n) is 12.2. The molecule has 0 unspecified atom stereocenters. The maximum Gasteiger partial charge on any atom is 0.136 e. The SMILES string of the molecule is Cc1cccc(C)c1-c1ccnc(-c2cccc(N(c3[c-]c(-c4ccccc4O)ccc3)c3ccc(C(C)(C)C)cc3)n2)c1.[Pt]. The van der Waals surface area contributed by atoms with E-state index in [-0.39, 0.29) is 32.2 Å². The van der Waals surface area contributed by atoms with Crippen LogP contribution in [0.25, 0.3) is 33.6 Å². The van der Waals surface area contributed by atoms with E-state index in [1.165, 1.54) is 22.3 Å². The normalized spacial score (nSPS) is 11.1. The van der Waals surface area contributed by atoms with E-state index in [0.29, 0.717) is 0 Å². The van der Waals surface area contributed by atoms with Crippen LogP contribution in [-0.4, -0.2) is 15.1 Å². The third-order valence-electron chi connectivity index (χ3n) is 7.96. The number of phenols is 1. The third kappa shape index (κ3) is 6.77. The van der Waals surface area contributed by atoms with Crippen molar-refractivity contribution in [2.45, 2.75) is 40.0 Å². The Bertz CT molecular complexity index is 1920. The molecule has 4 nitrogen and oxygen atoms in total. The first-order chi connectivity index (χ1) is 21.2. The van der Waals surface area contributed by atoms with Gasteiger partial charge < -0.3 is 10.0 Å². The van der Waals surface area contributed by atoms with Crippen LogP contribution in [0.4, 0.5) is 17.2 Å². The Morgan fingerprint density at radius 2 is 1.40 bits per heavy atom. The standard InChI is InChI=1S/C40H36N3O.Pt/c1-27-11-8-12-28(2)39(27)30-23-24-41-36(26-30)35-16-10-18-38(42-35)43(32-21-19-31(20-22-32)40(3,4)5)33-14-9-13-29(25-33)34-15-6-7-17-37(34)44;/h6-24,26,44H,1-5H3;/q-1;. The first-order valence-electron chi connectivity index (χ1n) is 14.9. The molecule has 0 radical (unpaired) electrons. The number of para-hydroxylation sites is 1. The van der Waals surface area contributed by atoms with Gasteiger partial charge in [0.15, 0.2) is 0 Å². The number of aryl methyl sites for hydroxylation is 2. The van der Waals surface area contributed by atoms with Crippen LogP contribution in [0.2, 0.25) is 0 Å². The van der Waals surface area contributed by atoms with Crippen molar-refractivity contribution in [1.29, 1.82) is 0 Å². The molecule has 0 saturated heterocycles. The molecule has 0 amide bonds. The first-order valence-corrected chi connectivity index (χ1v) is 14.9. The van der Waals surface area contributed by atoms with E-state index in [4.69, 9.17) is 9.97 Å². The number of hydrogen-bond acceptors (Lipinski definition) is 4. The van der Waals surface area contributed by atoms with Gasteiger partial charge in [-0.2, -0.15) is 0 Å². The molecule has 45 heavy (non-hydrogen) atoms. The van der Waals surface area contributed by atoms with E-state index in [1.807, 2.05) is 60.8 Å². The Kier molecular flexibility index (Phi) is 9.37. The number of hydrogen-bond donors (Lipinski definition) is 1. The van der Waals surface area contributed by atoms with Crippen molar-refractivity contribution in [2.24, 2.45) is 0 Å². The van der Waals surface area contributed by atoms with Gasteiger partial charge in [-0.3, -0.25) is 4.98 Å². The van der Waals surface area contributed by atoms with Crippen molar-refractivity contribution in [3.05, 3.63) is 144 Å². The fourth-order valence-corrected chi connectivity index (χ4v) is 5.64. The number of nitrogens with zero attached hydrogens (tertiary/aromatic N) is 3. The molecule has 0 aliphatic heterocycles. The molecule has 0 bridgehead atoms. The summed E-state index contributed by atoms with van der Waals surface area (Å²) in [7, 11) is 0. The molecule has 0 fully saturated rings. The van der Waals surface area contributed by atoms with Gasteiger partial charge in [0.05, 0.1) is 17.1 Å². The second kappa shape index (κ2) is 13.2. The van der Waals surface area contributed by atoms with E-state index in [9.17, 15) is 5.11 Å². The maximum absolute atomic E-state index is 10.6. The summed E-state index contributed by atoms with van der Waals surface area (Å²) in [6.45, 7) is 10.9. The summed E-state index contributed by atoms with van der Waals surface area (Å²) in [5.74, 6) is 0.966. The zero-order valence-corrected chi connectivity index (χ0v) is 28.4. The fourth-order valence-electron chi connectivity index (χ4n) is 5.64. The quantitative estimate of drug-likeness (QED) is 0.172. The molecule has 0 aliphatic rings. The molecule has 0 aliphatic carbocycles. The Balaban J connectivity index is 0.00000400. The molecular weight excluding hydrogens is 734 g/mol. The van der Waals surface area contributed by atoms with Gasteiger partial charge in [0.2, 0.25) is 0 Å². The molecule has 0 atom stereocenters. The minimum Gasteiger partial charge on any atom is -0.517 e. The Labute approximate surface area is 280 Å². The molecule has 228 valence electrons. The molecule has 6 rings (SSSR count). The van der Waals surface area contributed by atoms with E-state index in [2.05, 4.69) is 100 Å². The van der Waals surface area contributed by atoms with Gasteiger partial charge in [0, 0.05) is 32.9 Å². The predicted octanol–water partition coefficient (Wildman–Crippen LogP) is 10.4. The topological polar surface area (TPSA) is 49.2 Å². The summed E-state index contributed by atoms with van der Waals surface area (Å²) < 4.78 is 0. The third-order valence-corrected chi connectivity index (χ3v) is 7.96. The minimum atomic E-state index is 0. The first kappa shape index (κ1) is 31.9. The summed E-state index contributed by atoms with van der Waals surface area (Å²) in [6, 6.07) is 42.1. The maximum atomic E-state index is 10.6. The number of benzene rings is 4. The van der Waals surface area contributed by atoms with E-state index >= 15 is 0 Å². The fraction of sp³-hybridized carbons (Fsp3) is 0.150. The van der Waals surface area contributed by atoms with Crippen LogP contribution in [0, 0.1) is 19.9 Å². The molecule has 4 aromatic carbocycles. The van der Waals surface area contributed by atoms with Crippen LogP contribution >= 0.6 is 0 Å². The largest absolute Gasteiger partial charge is 0.517 e. The van der Waals surface area contributed by atoms with E-state index in [0.717, 1.165) is 45.3 Å². The van der Waals surface area contributed by atoms with Crippen molar-refractivity contribution >= 4 is 17.2 Å². The number of aromatic hydroxyl groups is 1. The van der Waals surface area contributed by atoms with Gasteiger partial charge in [0.25, 0.3) is 0 Å². The van der Waals surface area contributed by atoms with Crippen LogP contribution in [0.15, 0.2) is 121 Å². The van der Waals surface area contributed by atoms with Crippen molar-refractivity contribution < 1.29 is 26.2 Å². The van der Waals surface area contributed by atoms with Gasteiger partial charge in [-0.15, -0.1) is 29.8 Å². The second-order valence-corrected chi connectivity index (χ2v) is 12.2. The van der Waals surface area contributed by atoms with Crippen molar-refractivity contribution in [2.75, 3.05) is 4.90 Å².